The molecule has 0 radical (unpaired) electrons. The molecule has 3 heteroatoms. The van der Waals surface area contributed by atoms with Crippen LogP contribution < -0.4 is 0 Å². The summed E-state index contributed by atoms with van der Waals surface area (Å²) >= 11 is 0. The van der Waals surface area contributed by atoms with E-state index in [1.807, 2.05) is 27.7 Å². The molecule has 0 saturated carbocycles. The zero-order chi connectivity index (χ0) is 10.9. The van der Waals surface area contributed by atoms with Gasteiger partial charge in [-0.1, -0.05) is 27.7 Å². The SMILES string of the molecule is CC(C)CN1C(=O)CCC(C)(C)C1=O. The maximum atomic E-state index is 11.9. The van der Waals surface area contributed by atoms with Gasteiger partial charge in [-0.25, -0.2) is 0 Å². The third kappa shape index (κ3) is 2.14. The Bertz CT molecular complexity index is 256. The van der Waals surface area contributed by atoms with E-state index in [-0.39, 0.29) is 17.2 Å². The number of likely N-dealkylation sites (tertiary alicyclic amines) is 1. The molecular formula is C11H19NO2. The van der Waals surface area contributed by atoms with E-state index in [0.717, 1.165) is 0 Å². The summed E-state index contributed by atoms with van der Waals surface area (Å²) in [4.78, 5) is 24.9. The van der Waals surface area contributed by atoms with Gasteiger partial charge in [0.2, 0.25) is 11.8 Å². The molecule has 0 unspecified atom stereocenters. The highest BCUT2D eigenvalue weighted by Crippen LogP contribution is 2.30. The quantitative estimate of drug-likeness (QED) is 0.633. The molecule has 1 heterocycles. The largest absolute Gasteiger partial charge is 0.282 e. The topological polar surface area (TPSA) is 37.4 Å². The number of hydrogen-bond acceptors (Lipinski definition) is 2. The molecule has 3 nitrogen and oxygen atoms in total. The second-order valence-electron chi connectivity index (χ2n) is 5.09. The highest BCUT2D eigenvalue weighted by molar-refractivity contribution is 6.00. The molecule has 80 valence electrons. The van der Waals surface area contributed by atoms with Crippen LogP contribution in [0.2, 0.25) is 0 Å². The summed E-state index contributed by atoms with van der Waals surface area (Å²) < 4.78 is 0. The molecule has 0 atom stereocenters. The Kier molecular flexibility index (Phi) is 2.98. The van der Waals surface area contributed by atoms with Crippen LogP contribution in [-0.4, -0.2) is 23.3 Å². The molecule has 1 saturated heterocycles. The van der Waals surface area contributed by atoms with E-state index >= 15 is 0 Å². The fourth-order valence-corrected chi connectivity index (χ4v) is 1.69. The Balaban J connectivity index is 2.79. The van der Waals surface area contributed by atoms with Crippen molar-refractivity contribution in [2.45, 2.75) is 40.5 Å². The second kappa shape index (κ2) is 3.71. The third-order valence-corrected chi connectivity index (χ3v) is 2.64. The van der Waals surface area contributed by atoms with Crippen LogP contribution in [0.3, 0.4) is 0 Å². The van der Waals surface area contributed by atoms with Gasteiger partial charge in [0.05, 0.1) is 0 Å². The lowest BCUT2D eigenvalue weighted by atomic mass is 9.82. The van der Waals surface area contributed by atoms with Crippen molar-refractivity contribution in [2.24, 2.45) is 11.3 Å². The summed E-state index contributed by atoms with van der Waals surface area (Å²) in [6, 6.07) is 0. The first-order chi connectivity index (χ1) is 6.34. The summed E-state index contributed by atoms with van der Waals surface area (Å²) in [5.74, 6) is 0.322. The zero-order valence-electron chi connectivity index (χ0n) is 9.46. The standard InChI is InChI=1S/C11H19NO2/c1-8(2)7-12-9(13)5-6-11(3,4)10(12)14/h8H,5-7H2,1-4H3. The van der Waals surface area contributed by atoms with Crippen LogP contribution in [-0.2, 0) is 9.59 Å². The van der Waals surface area contributed by atoms with Crippen molar-refractivity contribution in [3.63, 3.8) is 0 Å². The Morgan fingerprint density at radius 3 is 2.43 bits per heavy atom. The number of nitrogens with zero attached hydrogens (tertiary/aromatic N) is 1. The summed E-state index contributed by atoms with van der Waals surface area (Å²) in [5.41, 5.74) is -0.358. The van der Waals surface area contributed by atoms with Crippen molar-refractivity contribution in [3.05, 3.63) is 0 Å². The van der Waals surface area contributed by atoms with Crippen LogP contribution in [0.1, 0.15) is 40.5 Å². The molecule has 0 aromatic rings. The van der Waals surface area contributed by atoms with Gasteiger partial charge in [-0.05, 0) is 12.3 Å². The van der Waals surface area contributed by atoms with Gasteiger partial charge >= 0.3 is 0 Å². The second-order valence-corrected chi connectivity index (χ2v) is 5.09. The number of imide groups is 1. The van der Waals surface area contributed by atoms with E-state index in [0.29, 0.717) is 25.3 Å². The predicted molar refractivity (Wildman–Crippen MR) is 54.6 cm³/mol. The number of carbonyl (C=O) groups excluding carboxylic acids is 2. The number of rotatable bonds is 2. The highest BCUT2D eigenvalue weighted by Gasteiger charge is 2.39. The van der Waals surface area contributed by atoms with Gasteiger partial charge < -0.3 is 0 Å². The number of carbonyl (C=O) groups is 2. The van der Waals surface area contributed by atoms with E-state index in [1.165, 1.54) is 4.90 Å². The van der Waals surface area contributed by atoms with Crippen molar-refractivity contribution < 1.29 is 9.59 Å². The van der Waals surface area contributed by atoms with Gasteiger partial charge in [0.1, 0.15) is 0 Å². The van der Waals surface area contributed by atoms with Gasteiger partial charge in [0.15, 0.2) is 0 Å². The van der Waals surface area contributed by atoms with Crippen molar-refractivity contribution in [1.29, 1.82) is 0 Å². The van der Waals surface area contributed by atoms with Crippen LogP contribution >= 0.6 is 0 Å². The average molecular weight is 197 g/mol. The summed E-state index contributed by atoms with van der Waals surface area (Å²) in [6.07, 6.45) is 1.19. The maximum absolute atomic E-state index is 11.9. The summed E-state index contributed by atoms with van der Waals surface area (Å²) in [5, 5.41) is 0. The predicted octanol–water partition coefficient (Wildman–Crippen LogP) is 1.82. The van der Waals surface area contributed by atoms with Gasteiger partial charge in [-0.2, -0.15) is 0 Å². The number of piperidine rings is 1. The molecule has 2 amide bonds. The van der Waals surface area contributed by atoms with Gasteiger partial charge in [-0.3, -0.25) is 14.5 Å². The lowest BCUT2D eigenvalue weighted by molar-refractivity contribution is -0.156. The van der Waals surface area contributed by atoms with Crippen LogP contribution in [0.15, 0.2) is 0 Å². The Morgan fingerprint density at radius 1 is 1.36 bits per heavy atom. The van der Waals surface area contributed by atoms with Crippen LogP contribution in [0, 0.1) is 11.3 Å². The monoisotopic (exact) mass is 197 g/mol. The maximum Gasteiger partial charge on any atom is 0.234 e. The molecule has 1 fully saturated rings. The molecule has 0 aromatic carbocycles. The lowest BCUT2D eigenvalue weighted by Crippen LogP contribution is -2.50. The van der Waals surface area contributed by atoms with Crippen molar-refractivity contribution in [2.75, 3.05) is 6.54 Å². The van der Waals surface area contributed by atoms with E-state index < -0.39 is 0 Å². The molecule has 1 aliphatic rings. The lowest BCUT2D eigenvalue weighted by Gasteiger charge is -2.36. The van der Waals surface area contributed by atoms with E-state index in [1.54, 1.807) is 0 Å². The average Bonchev–Trinajstić information content (AvgIpc) is 2.06. The van der Waals surface area contributed by atoms with Gasteiger partial charge in [0.25, 0.3) is 0 Å². The minimum atomic E-state index is -0.358. The number of hydrogen-bond donors (Lipinski definition) is 0. The molecule has 1 rings (SSSR count). The molecule has 0 bridgehead atoms. The van der Waals surface area contributed by atoms with E-state index in [9.17, 15) is 9.59 Å². The van der Waals surface area contributed by atoms with Crippen molar-refractivity contribution in [1.82, 2.24) is 4.90 Å². The third-order valence-electron chi connectivity index (χ3n) is 2.64. The van der Waals surface area contributed by atoms with Gasteiger partial charge in [0, 0.05) is 18.4 Å². The highest BCUT2D eigenvalue weighted by atomic mass is 16.2. The smallest absolute Gasteiger partial charge is 0.234 e. The van der Waals surface area contributed by atoms with Gasteiger partial charge in [-0.15, -0.1) is 0 Å². The fourth-order valence-electron chi connectivity index (χ4n) is 1.69. The molecular weight excluding hydrogens is 178 g/mol. The molecule has 0 aromatic heterocycles. The van der Waals surface area contributed by atoms with Crippen LogP contribution in [0.4, 0.5) is 0 Å². The number of amides is 2. The van der Waals surface area contributed by atoms with E-state index in [2.05, 4.69) is 0 Å². The zero-order valence-corrected chi connectivity index (χ0v) is 9.46. The minimum Gasteiger partial charge on any atom is -0.282 e. The first-order valence-corrected chi connectivity index (χ1v) is 5.19. The van der Waals surface area contributed by atoms with Crippen molar-refractivity contribution in [3.8, 4) is 0 Å². The Hall–Kier alpha value is -0.860. The normalized spacial score (nSPS) is 21.9. The van der Waals surface area contributed by atoms with Crippen LogP contribution in [0.5, 0.6) is 0 Å². The Labute approximate surface area is 85.5 Å². The molecule has 0 spiro atoms. The van der Waals surface area contributed by atoms with Crippen LogP contribution in [0.25, 0.3) is 0 Å². The summed E-state index contributed by atoms with van der Waals surface area (Å²) in [6.45, 7) is 8.41. The Morgan fingerprint density at radius 2 is 1.93 bits per heavy atom. The van der Waals surface area contributed by atoms with E-state index in [4.69, 9.17) is 0 Å². The fraction of sp³-hybridized carbons (Fsp3) is 0.818. The summed E-state index contributed by atoms with van der Waals surface area (Å²) in [7, 11) is 0. The minimum absolute atomic E-state index is 0.0111. The molecule has 0 aliphatic carbocycles. The molecule has 0 N–H and O–H groups in total. The molecule has 14 heavy (non-hydrogen) atoms. The first-order valence-electron chi connectivity index (χ1n) is 5.19. The first kappa shape index (κ1) is 11.2. The van der Waals surface area contributed by atoms with Crippen molar-refractivity contribution >= 4 is 11.8 Å². The molecule has 1 aliphatic heterocycles.